The Morgan fingerprint density at radius 3 is 2.40 bits per heavy atom. The molecule has 43 heavy (non-hydrogen) atoms. The summed E-state index contributed by atoms with van der Waals surface area (Å²) in [4.78, 5) is 67.3. The molecule has 11 heteroatoms. The van der Waals surface area contributed by atoms with E-state index in [-0.39, 0.29) is 17.9 Å². The highest BCUT2D eigenvalue weighted by atomic mass is 16.6. The Hall–Kier alpha value is -3.73. The summed E-state index contributed by atoms with van der Waals surface area (Å²) in [7, 11) is 1.12. The van der Waals surface area contributed by atoms with Crippen LogP contribution in [-0.4, -0.2) is 65.6 Å². The van der Waals surface area contributed by atoms with Crippen LogP contribution in [0.1, 0.15) is 65.9 Å². The number of esters is 3. The predicted octanol–water partition coefficient (Wildman–Crippen LogP) is 3.52. The third-order valence-corrected chi connectivity index (χ3v) is 11.4. The Kier molecular flexibility index (Phi) is 6.08. The maximum atomic E-state index is 14.8. The number of methoxy groups -OCH3 is 1. The van der Waals surface area contributed by atoms with Gasteiger partial charge in [-0.15, -0.1) is 0 Å². The molecule has 1 spiro atoms. The lowest BCUT2D eigenvalue weighted by atomic mass is 9.38. The number of aliphatic hydroxyl groups is 1. The molecule has 1 N–H and O–H groups in total. The summed E-state index contributed by atoms with van der Waals surface area (Å²) >= 11 is 0. The number of ketones is 2. The van der Waals surface area contributed by atoms with Gasteiger partial charge in [-0.3, -0.25) is 24.0 Å². The van der Waals surface area contributed by atoms with E-state index in [1.807, 2.05) is 6.92 Å². The van der Waals surface area contributed by atoms with Crippen LogP contribution in [0.2, 0.25) is 0 Å². The van der Waals surface area contributed by atoms with Crippen molar-refractivity contribution >= 4 is 29.5 Å². The molecule has 2 saturated carbocycles. The van der Waals surface area contributed by atoms with E-state index in [0.717, 1.165) is 12.7 Å². The van der Waals surface area contributed by atoms with Crippen LogP contribution in [0.3, 0.4) is 0 Å². The van der Waals surface area contributed by atoms with Crippen molar-refractivity contribution in [2.75, 3.05) is 7.11 Å². The summed E-state index contributed by atoms with van der Waals surface area (Å²) in [5.41, 5.74) is -6.81. The number of hydrogen-bond donors (Lipinski definition) is 1. The van der Waals surface area contributed by atoms with Gasteiger partial charge in [0.25, 0.3) is 0 Å². The normalized spacial score (nSPS) is 44.1. The summed E-state index contributed by atoms with van der Waals surface area (Å²) in [6.07, 6.45) is 3.54. The lowest BCUT2D eigenvalue weighted by Crippen LogP contribution is -2.76. The van der Waals surface area contributed by atoms with Crippen molar-refractivity contribution in [3.05, 3.63) is 47.6 Å². The van der Waals surface area contributed by atoms with E-state index in [2.05, 4.69) is 0 Å². The number of allylic oxidation sites excluding steroid dienone is 3. The summed E-state index contributed by atoms with van der Waals surface area (Å²) in [5.74, 6) is -5.70. The molecule has 1 saturated heterocycles. The second kappa shape index (κ2) is 8.90. The first-order valence-electron chi connectivity index (χ1n) is 14.5. The third kappa shape index (κ3) is 3.16. The van der Waals surface area contributed by atoms with Gasteiger partial charge in [0.05, 0.1) is 31.2 Å². The van der Waals surface area contributed by atoms with Gasteiger partial charge in [0, 0.05) is 41.6 Å². The Balaban J connectivity index is 1.69. The van der Waals surface area contributed by atoms with Crippen LogP contribution < -0.4 is 0 Å². The average Bonchev–Trinajstić information content (AvgIpc) is 3.32. The number of rotatable bonds is 5. The topological polar surface area (TPSA) is 159 Å². The van der Waals surface area contributed by atoms with Crippen molar-refractivity contribution in [1.29, 1.82) is 0 Å². The first-order valence-corrected chi connectivity index (χ1v) is 14.5. The van der Waals surface area contributed by atoms with Crippen molar-refractivity contribution in [2.24, 2.45) is 27.6 Å². The van der Waals surface area contributed by atoms with Gasteiger partial charge >= 0.3 is 17.9 Å². The Morgan fingerprint density at radius 1 is 1.12 bits per heavy atom. The maximum Gasteiger partial charge on any atom is 0.323 e. The number of carbonyl (C=O) groups is 5. The highest BCUT2D eigenvalue weighted by Gasteiger charge is 2.92. The summed E-state index contributed by atoms with van der Waals surface area (Å²) in [5, 5.41) is 11.8. The van der Waals surface area contributed by atoms with Gasteiger partial charge in [-0.2, -0.15) is 0 Å². The van der Waals surface area contributed by atoms with Crippen LogP contribution in [0.5, 0.6) is 0 Å². The number of Topliss-reactive ketones (excluding diaryl/α,β-unsaturated/α-hetero) is 1. The maximum absolute atomic E-state index is 14.8. The second-order valence-corrected chi connectivity index (χ2v) is 13.1. The zero-order chi connectivity index (χ0) is 31.5. The minimum atomic E-state index is -2.05. The molecule has 0 amide bonds. The monoisotopic (exact) mass is 596 g/mol. The molecule has 1 aromatic rings. The van der Waals surface area contributed by atoms with Crippen molar-refractivity contribution in [2.45, 2.75) is 84.2 Å². The Labute approximate surface area is 248 Å². The molecule has 11 nitrogen and oxygen atoms in total. The van der Waals surface area contributed by atoms with E-state index < -0.39 is 86.7 Å². The number of epoxide rings is 1. The number of ether oxygens (including phenoxy) is 4. The van der Waals surface area contributed by atoms with Crippen LogP contribution in [0, 0.1) is 27.6 Å². The SMILES string of the molecule is CCC(=O)O[C@H]1[C@H](OC(C)=O)[C@@H]2[C@@]3(C)C=CC(=O)[C@](C)(C(=O)OC)C3=C(O)C(=O)[C@@]2(C)[C@@]23O[C@@H]2C[C@@H](c2ccoc2)[C@]13C. The fourth-order valence-electron chi connectivity index (χ4n) is 9.72. The van der Waals surface area contributed by atoms with E-state index in [4.69, 9.17) is 23.4 Å². The molecular weight excluding hydrogens is 560 g/mol. The number of hydrogen-bond acceptors (Lipinski definition) is 11. The molecule has 1 aromatic heterocycles. The quantitative estimate of drug-likeness (QED) is 0.229. The van der Waals surface area contributed by atoms with Gasteiger partial charge in [0.2, 0.25) is 5.78 Å². The van der Waals surface area contributed by atoms with E-state index in [1.165, 1.54) is 32.3 Å². The lowest BCUT2D eigenvalue weighted by molar-refractivity contribution is -0.248. The van der Waals surface area contributed by atoms with Gasteiger partial charge in [-0.05, 0) is 38.0 Å². The van der Waals surface area contributed by atoms with Crippen LogP contribution in [0.25, 0.3) is 0 Å². The molecule has 0 bridgehead atoms. The van der Waals surface area contributed by atoms with Gasteiger partial charge in [0.15, 0.2) is 17.0 Å². The molecule has 1 aliphatic heterocycles. The number of furan rings is 1. The molecule has 3 fully saturated rings. The highest BCUT2D eigenvalue weighted by molar-refractivity contribution is 6.15. The van der Waals surface area contributed by atoms with Crippen molar-refractivity contribution in [3.8, 4) is 0 Å². The van der Waals surface area contributed by atoms with E-state index in [0.29, 0.717) is 6.42 Å². The number of fused-ring (bicyclic) bond motifs is 3. The number of carbonyl (C=O) groups excluding carboxylic acids is 5. The van der Waals surface area contributed by atoms with E-state index >= 15 is 0 Å². The third-order valence-electron chi connectivity index (χ3n) is 11.4. The van der Waals surface area contributed by atoms with E-state index in [1.54, 1.807) is 33.1 Å². The molecule has 10 atom stereocenters. The molecule has 5 aliphatic rings. The van der Waals surface area contributed by atoms with Crippen molar-refractivity contribution in [3.63, 3.8) is 0 Å². The zero-order valence-electron chi connectivity index (χ0n) is 25.2. The smallest absolute Gasteiger partial charge is 0.323 e. The average molecular weight is 597 g/mol. The standard InChI is InChI=1S/C32H36O11/c1-8-20(35)42-26-22(41-15(2)33)24-28(3)11-9-18(34)29(4,27(38)39-7)23(28)21(36)25(37)31(24,6)32-19(43-32)13-17(30(26,32)5)16-10-12-40-14-16/h9-12,14,17,19,22,24,26,36H,8,13H2,1-7H3/t17-,19+,22+,24+,26-,28-,29-,30+,31-,32+/m0/s1. The lowest BCUT2D eigenvalue weighted by Gasteiger charge is -2.65. The largest absolute Gasteiger partial charge is 0.504 e. The van der Waals surface area contributed by atoms with Crippen molar-refractivity contribution in [1.82, 2.24) is 0 Å². The summed E-state index contributed by atoms with van der Waals surface area (Å²) in [6, 6.07) is 1.80. The fourth-order valence-corrected chi connectivity index (χ4v) is 9.72. The van der Waals surface area contributed by atoms with Crippen molar-refractivity contribution < 1.29 is 52.4 Å². The molecule has 0 unspecified atom stereocenters. The van der Waals surface area contributed by atoms with Crippen LogP contribution in [-0.2, 0) is 42.9 Å². The Bertz CT molecular complexity index is 1520. The van der Waals surface area contributed by atoms with Gasteiger partial charge in [-0.1, -0.05) is 26.8 Å². The van der Waals surface area contributed by atoms with Crippen LogP contribution in [0.15, 0.2) is 46.5 Å². The molecular formula is C32H36O11. The Morgan fingerprint density at radius 2 is 1.81 bits per heavy atom. The highest BCUT2D eigenvalue weighted by Crippen LogP contribution is 2.81. The van der Waals surface area contributed by atoms with Crippen LogP contribution in [0.4, 0.5) is 0 Å². The molecule has 2 heterocycles. The van der Waals surface area contributed by atoms with Gasteiger partial charge in [0.1, 0.15) is 17.8 Å². The molecule has 6 rings (SSSR count). The van der Waals surface area contributed by atoms with E-state index in [9.17, 15) is 29.1 Å². The first kappa shape index (κ1) is 29.3. The molecule has 0 radical (unpaired) electrons. The number of aliphatic hydroxyl groups excluding tert-OH is 1. The molecule has 4 aliphatic carbocycles. The minimum absolute atomic E-state index is 0.0337. The fraction of sp³-hybridized carbons (Fsp3) is 0.594. The molecule has 0 aromatic carbocycles. The predicted molar refractivity (Wildman–Crippen MR) is 146 cm³/mol. The van der Waals surface area contributed by atoms with Crippen LogP contribution >= 0.6 is 0 Å². The summed E-state index contributed by atoms with van der Waals surface area (Å²) < 4.78 is 29.3. The zero-order valence-corrected chi connectivity index (χ0v) is 25.2. The van der Waals surface area contributed by atoms with Gasteiger partial charge < -0.3 is 28.5 Å². The second-order valence-electron chi connectivity index (χ2n) is 13.1. The first-order chi connectivity index (χ1) is 20.1. The molecule has 230 valence electrons. The summed E-state index contributed by atoms with van der Waals surface area (Å²) in [6.45, 7) is 9.42. The van der Waals surface area contributed by atoms with Gasteiger partial charge in [-0.25, -0.2) is 0 Å². The minimum Gasteiger partial charge on any atom is -0.504 e.